The van der Waals surface area contributed by atoms with E-state index in [0.29, 0.717) is 5.56 Å². The molecule has 0 saturated heterocycles. The lowest BCUT2D eigenvalue weighted by atomic mass is 10.2. The van der Waals surface area contributed by atoms with E-state index >= 15 is 0 Å². The Morgan fingerprint density at radius 2 is 1.62 bits per heavy atom. The van der Waals surface area contributed by atoms with E-state index in [1.54, 1.807) is 18.2 Å². The molecule has 0 bridgehead atoms. The van der Waals surface area contributed by atoms with Gasteiger partial charge in [0.2, 0.25) is 0 Å². The van der Waals surface area contributed by atoms with Crippen molar-refractivity contribution in [3.05, 3.63) is 93.7 Å². The summed E-state index contributed by atoms with van der Waals surface area (Å²) in [7, 11) is 0. The Kier molecular flexibility index (Phi) is 7.54. The van der Waals surface area contributed by atoms with Gasteiger partial charge in [-0.05, 0) is 54.1 Å². The number of nitrogens with one attached hydrogen (secondary N) is 2. The van der Waals surface area contributed by atoms with Gasteiger partial charge in [-0.2, -0.15) is 5.10 Å². The number of halogens is 3. The second-order valence-corrected chi connectivity index (χ2v) is 6.98. The van der Waals surface area contributed by atoms with Crippen molar-refractivity contribution in [3.63, 3.8) is 0 Å². The third-order valence-corrected chi connectivity index (χ3v) is 4.79. The highest BCUT2D eigenvalue weighted by atomic mass is 35.5. The topological polar surface area (TPSA) is 96.9 Å². The number of nitrogens with zero attached hydrogens (tertiary/aromatic N) is 1. The van der Waals surface area contributed by atoms with Crippen molar-refractivity contribution >= 4 is 52.9 Å². The SMILES string of the molecule is O=C(N/N=C/c1ccc(OC(=O)c2ccccc2F)cc1)C(=O)Nc1cccc(Cl)c1Cl. The summed E-state index contributed by atoms with van der Waals surface area (Å²) in [6.07, 6.45) is 1.28. The third-order valence-electron chi connectivity index (χ3n) is 3.97. The van der Waals surface area contributed by atoms with E-state index in [-0.39, 0.29) is 27.0 Å². The molecule has 162 valence electrons. The van der Waals surface area contributed by atoms with E-state index < -0.39 is 23.6 Å². The standard InChI is InChI=1S/C22H14Cl2FN3O4/c23-16-5-3-7-18(19(16)24)27-20(29)21(30)28-26-12-13-8-10-14(11-9-13)32-22(31)15-4-1-2-6-17(15)25/h1-12H,(H,27,29)(H,28,30)/b26-12+. The van der Waals surface area contributed by atoms with Crippen LogP contribution in [0.1, 0.15) is 15.9 Å². The third kappa shape index (κ3) is 5.90. The van der Waals surface area contributed by atoms with Crippen LogP contribution in [0.25, 0.3) is 0 Å². The van der Waals surface area contributed by atoms with Gasteiger partial charge in [0.15, 0.2) is 0 Å². The summed E-state index contributed by atoms with van der Waals surface area (Å²) in [5, 5.41) is 6.35. The summed E-state index contributed by atoms with van der Waals surface area (Å²) >= 11 is 11.8. The number of rotatable bonds is 5. The molecule has 3 aromatic carbocycles. The number of amides is 2. The molecule has 0 unspecified atom stereocenters. The highest BCUT2D eigenvalue weighted by molar-refractivity contribution is 6.45. The van der Waals surface area contributed by atoms with E-state index in [2.05, 4.69) is 15.8 Å². The lowest BCUT2D eigenvalue weighted by Gasteiger charge is -2.07. The van der Waals surface area contributed by atoms with Gasteiger partial charge in [-0.25, -0.2) is 14.6 Å². The summed E-state index contributed by atoms with van der Waals surface area (Å²) in [5.41, 5.74) is 2.61. The summed E-state index contributed by atoms with van der Waals surface area (Å²) in [6.45, 7) is 0. The van der Waals surface area contributed by atoms with Crippen molar-refractivity contribution in [2.24, 2.45) is 5.10 Å². The molecular weight excluding hydrogens is 460 g/mol. The molecule has 32 heavy (non-hydrogen) atoms. The molecule has 3 aromatic rings. The Balaban J connectivity index is 1.53. The zero-order valence-corrected chi connectivity index (χ0v) is 17.7. The van der Waals surface area contributed by atoms with Gasteiger partial charge in [0, 0.05) is 0 Å². The molecule has 0 aliphatic heterocycles. The number of hydrazone groups is 1. The molecule has 3 rings (SSSR count). The molecule has 2 N–H and O–H groups in total. The number of hydrogen-bond donors (Lipinski definition) is 2. The molecule has 0 spiro atoms. The largest absolute Gasteiger partial charge is 0.423 e. The minimum absolute atomic E-state index is 0.106. The van der Waals surface area contributed by atoms with Gasteiger partial charge in [0.05, 0.1) is 27.5 Å². The van der Waals surface area contributed by atoms with Crippen LogP contribution < -0.4 is 15.5 Å². The predicted molar refractivity (Wildman–Crippen MR) is 119 cm³/mol. The minimum atomic E-state index is -1.02. The summed E-state index contributed by atoms with van der Waals surface area (Å²) in [6, 6.07) is 16.1. The second kappa shape index (κ2) is 10.5. The molecular formula is C22H14Cl2FN3O4. The summed E-state index contributed by atoms with van der Waals surface area (Å²) in [5.74, 6) is -3.33. The molecule has 0 aliphatic rings. The predicted octanol–water partition coefficient (Wildman–Crippen LogP) is 4.44. The number of carbonyl (C=O) groups is 3. The number of ether oxygens (including phenoxy) is 1. The van der Waals surface area contributed by atoms with E-state index in [1.807, 2.05) is 0 Å². The van der Waals surface area contributed by atoms with E-state index in [9.17, 15) is 18.8 Å². The van der Waals surface area contributed by atoms with Gasteiger partial charge in [0.1, 0.15) is 11.6 Å². The Hall–Kier alpha value is -3.75. The number of carbonyl (C=O) groups excluding carboxylic acids is 3. The number of benzene rings is 3. The van der Waals surface area contributed by atoms with Crippen molar-refractivity contribution in [3.8, 4) is 5.75 Å². The zero-order chi connectivity index (χ0) is 23.1. The molecule has 0 aromatic heterocycles. The van der Waals surface area contributed by atoms with Crippen molar-refractivity contribution in [1.29, 1.82) is 0 Å². The van der Waals surface area contributed by atoms with Crippen LogP contribution in [0, 0.1) is 5.82 Å². The molecule has 0 radical (unpaired) electrons. The van der Waals surface area contributed by atoms with Crippen LogP contribution in [0.2, 0.25) is 10.0 Å². The van der Waals surface area contributed by atoms with Crippen molar-refractivity contribution in [1.82, 2.24) is 5.43 Å². The van der Waals surface area contributed by atoms with Crippen molar-refractivity contribution in [2.45, 2.75) is 0 Å². The van der Waals surface area contributed by atoms with E-state index in [4.69, 9.17) is 27.9 Å². The molecule has 10 heteroatoms. The fourth-order valence-corrected chi connectivity index (χ4v) is 2.75. The molecule has 0 fully saturated rings. The van der Waals surface area contributed by atoms with Crippen LogP contribution in [0.5, 0.6) is 5.75 Å². The molecule has 0 aliphatic carbocycles. The van der Waals surface area contributed by atoms with Gasteiger partial charge in [0.25, 0.3) is 0 Å². The van der Waals surface area contributed by atoms with Gasteiger partial charge in [-0.3, -0.25) is 9.59 Å². The maximum absolute atomic E-state index is 13.6. The maximum atomic E-state index is 13.6. The Morgan fingerprint density at radius 3 is 2.34 bits per heavy atom. The van der Waals surface area contributed by atoms with Crippen LogP contribution in [0.3, 0.4) is 0 Å². The minimum Gasteiger partial charge on any atom is -0.423 e. The second-order valence-electron chi connectivity index (χ2n) is 6.19. The fourth-order valence-electron chi connectivity index (χ4n) is 2.41. The Bertz CT molecular complexity index is 1200. The highest BCUT2D eigenvalue weighted by Crippen LogP contribution is 2.29. The number of anilines is 1. The normalized spacial score (nSPS) is 10.6. The lowest BCUT2D eigenvalue weighted by Crippen LogP contribution is -2.32. The van der Waals surface area contributed by atoms with E-state index in [1.165, 1.54) is 48.7 Å². The first-order valence-electron chi connectivity index (χ1n) is 9.00. The molecule has 7 nitrogen and oxygen atoms in total. The smallest absolute Gasteiger partial charge is 0.346 e. The first kappa shape index (κ1) is 22.9. The average Bonchev–Trinajstić information content (AvgIpc) is 2.78. The molecule has 0 heterocycles. The van der Waals surface area contributed by atoms with E-state index in [0.717, 1.165) is 6.07 Å². The van der Waals surface area contributed by atoms with Gasteiger partial charge < -0.3 is 10.1 Å². The average molecular weight is 474 g/mol. The van der Waals surface area contributed by atoms with Gasteiger partial charge >= 0.3 is 17.8 Å². The first-order chi connectivity index (χ1) is 15.3. The van der Waals surface area contributed by atoms with Gasteiger partial charge in [-0.15, -0.1) is 0 Å². The molecule has 2 amide bonds. The first-order valence-corrected chi connectivity index (χ1v) is 9.76. The van der Waals surface area contributed by atoms with Gasteiger partial charge in [-0.1, -0.05) is 41.4 Å². The van der Waals surface area contributed by atoms with Crippen molar-refractivity contribution < 1.29 is 23.5 Å². The quantitative estimate of drug-likeness (QED) is 0.188. The number of esters is 1. The number of hydrogen-bond acceptors (Lipinski definition) is 5. The maximum Gasteiger partial charge on any atom is 0.346 e. The Labute approximate surface area is 191 Å². The monoisotopic (exact) mass is 473 g/mol. The zero-order valence-electron chi connectivity index (χ0n) is 16.1. The highest BCUT2D eigenvalue weighted by Gasteiger charge is 2.15. The lowest BCUT2D eigenvalue weighted by molar-refractivity contribution is -0.136. The van der Waals surface area contributed by atoms with Crippen LogP contribution in [-0.4, -0.2) is 24.0 Å². The molecule has 0 saturated carbocycles. The van der Waals surface area contributed by atoms with Crippen LogP contribution >= 0.6 is 23.2 Å². The summed E-state index contributed by atoms with van der Waals surface area (Å²) in [4.78, 5) is 35.8. The fraction of sp³-hybridized carbons (Fsp3) is 0. The van der Waals surface area contributed by atoms with Crippen LogP contribution in [0.15, 0.2) is 71.8 Å². The van der Waals surface area contributed by atoms with Crippen LogP contribution in [-0.2, 0) is 9.59 Å². The summed E-state index contributed by atoms with van der Waals surface area (Å²) < 4.78 is 18.8. The van der Waals surface area contributed by atoms with Crippen molar-refractivity contribution in [2.75, 3.05) is 5.32 Å². The molecule has 0 atom stereocenters. The van der Waals surface area contributed by atoms with Crippen LogP contribution in [0.4, 0.5) is 10.1 Å². The Morgan fingerprint density at radius 1 is 0.906 bits per heavy atom.